The molecular formula is C28H25NO. The molecule has 0 bridgehead atoms. The molecule has 4 rings (SSSR count). The van der Waals surface area contributed by atoms with Gasteiger partial charge in [0.25, 0.3) is 5.91 Å². The quantitative estimate of drug-likeness (QED) is 0.378. The van der Waals surface area contributed by atoms with E-state index in [9.17, 15) is 4.79 Å². The second-order valence-electron chi connectivity index (χ2n) is 7.45. The number of hydrogen-bond acceptors (Lipinski definition) is 1. The fourth-order valence-electron chi connectivity index (χ4n) is 3.86. The van der Waals surface area contributed by atoms with Gasteiger partial charge in [0.15, 0.2) is 0 Å². The molecule has 0 fully saturated rings. The Kier molecular flexibility index (Phi) is 6.05. The molecule has 1 N–H and O–H groups in total. The predicted octanol–water partition coefficient (Wildman–Crippen LogP) is 6.59. The molecule has 2 nitrogen and oxygen atoms in total. The van der Waals surface area contributed by atoms with E-state index >= 15 is 0 Å². The van der Waals surface area contributed by atoms with Gasteiger partial charge in [-0.1, -0.05) is 97.6 Å². The molecular weight excluding hydrogens is 366 g/mol. The van der Waals surface area contributed by atoms with E-state index in [0.29, 0.717) is 5.56 Å². The first kappa shape index (κ1) is 19.7. The van der Waals surface area contributed by atoms with E-state index in [-0.39, 0.29) is 11.9 Å². The number of carbonyl (C=O) groups is 1. The van der Waals surface area contributed by atoms with E-state index in [1.165, 1.54) is 16.3 Å². The highest BCUT2D eigenvalue weighted by Gasteiger charge is 2.18. The lowest BCUT2D eigenvalue weighted by Crippen LogP contribution is -2.29. The van der Waals surface area contributed by atoms with E-state index in [2.05, 4.69) is 60.4 Å². The molecule has 30 heavy (non-hydrogen) atoms. The van der Waals surface area contributed by atoms with Crippen molar-refractivity contribution >= 4 is 22.8 Å². The Morgan fingerprint density at radius 1 is 0.833 bits per heavy atom. The largest absolute Gasteiger partial charge is 0.345 e. The summed E-state index contributed by atoms with van der Waals surface area (Å²) in [5.74, 6) is -0.0574. The summed E-state index contributed by atoms with van der Waals surface area (Å²) >= 11 is 0. The van der Waals surface area contributed by atoms with Gasteiger partial charge in [-0.05, 0) is 52.4 Å². The van der Waals surface area contributed by atoms with E-state index in [0.717, 1.165) is 24.0 Å². The molecule has 0 saturated carbocycles. The van der Waals surface area contributed by atoms with Crippen molar-refractivity contribution in [2.24, 2.45) is 0 Å². The van der Waals surface area contributed by atoms with Crippen LogP contribution in [0, 0.1) is 0 Å². The molecule has 4 aromatic carbocycles. The summed E-state index contributed by atoms with van der Waals surface area (Å²) in [6.07, 6.45) is 3.53. The molecule has 0 saturated heterocycles. The van der Waals surface area contributed by atoms with Crippen LogP contribution in [0.4, 0.5) is 0 Å². The second kappa shape index (κ2) is 9.23. The average molecular weight is 392 g/mol. The number of aryl methyl sites for hydroxylation is 1. The number of carbonyl (C=O) groups excluding carboxylic acids is 1. The summed E-state index contributed by atoms with van der Waals surface area (Å²) in [5.41, 5.74) is 4.08. The first-order chi connectivity index (χ1) is 14.7. The number of hydrogen-bond donors (Lipinski definition) is 1. The minimum absolute atomic E-state index is 0.0574. The van der Waals surface area contributed by atoms with E-state index < -0.39 is 0 Å². The van der Waals surface area contributed by atoms with E-state index in [1.54, 1.807) is 0 Å². The summed E-state index contributed by atoms with van der Waals surface area (Å²) in [6.45, 7) is 3.95. The fraction of sp³-hybridized carbons (Fsp3) is 0.107. The normalized spacial score (nSPS) is 11.7. The Labute approximate surface area is 177 Å². The predicted molar refractivity (Wildman–Crippen MR) is 125 cm³/mol. The van der Waals surface area contributed by atoms with Crippen molar-refractivity contribution in [1.29, 1.82) is 0 Å². The minimum Gasteiger partial charge on any atom is -0.345 e. The Hall–Kier alpha value is -3.65. The molecule has 2 heteroatoms. The van der Waals surface area contributed by atoms with Crippen molar-refractivity contribution in [3.63, 3.8) is 0 Å². The van der Waals surface area contributed by atoms with Crippen LogP contribution in [0.25, 0.3) is 16.8 Å². The van der Waals surface area contributed by atoms with Crippen molar-refractivity contribution in [3.05, 3.63) is 126 Å². The van der Waals surface area contributed by atoms with Gasteiger partial charge in [-0.15, -0.1) is 0 Å². The minimum atomic E-state index is -0.0987. The molecule has 0 aliphatic heterocycles. The smallest absolute Gasteiger partial charge is 0.251 e. The maximum absolute atomic E-state index is 12.9. The Balaban J connectivity index is 1.59. The van der Waals surface area contributed by atoms with Crippen LogP contribution in [0.1, 0.15) is 39.5 Å². The van der Waals surface area contributed by atoms with Gasteiger partial charge < -0.3 is 5.32 Å². The molecule has 0 spiro atoms. The number of rotatable bonds is 7. The summed E-state index contributed by atoms with van der Waals surface area (Å²) in [5, 5.41) is 5.73. The van der Waals surface area contributed by atoms with Gasteiger partial charge in [0, 0.05) is 5.56 Å². The lowest BCUT2D eigenvalue weighted by molar-refractivity contribution is 0.0934. The van der Waals surface area contributed by atoms with Gasteiger partial charge in [0.2, 0.25) is 0 Å². The zero-order chi connectivity index (χ0) is 20.8. The monoisotopic (exact) mass is 391 g/mol. The summed E-state index contributed by atoms with van der Waals surface area (Å²) in [6, 6.07) is 32.4. The van der Waals surface area contributed by atoms with Crippen LogP contribution in [-0.2, 0) is 6.42 Å². The summed E-state index contributed by atoms with van der Waals surface area (Å²) < 4.78 is 0. The number of nitrogens with one attached hydrogen (secondary N) is 1. The molecule has 1 unspecified atom stereocenters. The number of benzene rings is 4. The van der Waals surface area contributed by atoms with E-state index in [1.807, 2.05) is 54.6 Å². The van der Waals surface area contributed by atoms with Gasteiger partial charge in [-0.2, -0.15) is 0 Å². The summed E-state index contributed by atoms with van der Waals surface area (Å²) in [4.78, 5) is 12.9. The first-order valence-electron chi connectivity index (χ1n) is 10.3. The van der Waals surface area contributed by atoms with Gasteiger partial charge in [0.1, 0.15) is 0 Å². The first-order valence-corrected chi connectivity index (χ1v) is 10.3. The lowest BCUT2D eigenvalue weighted by Gasteiger charge is -2.21. The molecule has 1 amide bonds. The number of fused-ring (bicyclic) bond motifs is 1. The van der Waals surface area contributed by atoms with Crippen LogP contribution < -0.4 is 5.32 Å². The van der Waals surface area contributed by atoms with Crippen LogP contribution >= 0.6 is 0 Å². The average Bonchev–Trinajstić information content (AvgIpc) is 2.82. The topological polar surface area (TPSA) is 29.1 Å². The zero-order valence-corrected chi connectivity index (χ0v) is 16.9. The lowest BCUT2D eigenvalue weighted by atomic mass is 9.94. The Morgan fingerprint density at radius 3 is 2.33 bits per heavy atom. The van der Waals surface area contributed by atoms with Gasteiger partial charge in [-0.3, -0.25) is 4.79 Å². The standard InChI is InChI=1S/C28H25NO/c1-2-22-10-8-9-15-26(22)27(29-28(30)24-12-4-3-5-13-24)19-17-21-16-18-23-11-6-7-14-25(23)20-21/h2-16,18,20,27H,1,17,19H2,(H,29,30). The van der Waals surface area contributed by atoms with Gasteiger partial charge >= 0.3 is 0 Å². The molecule has 1 atom stereocenters. The van der Waals surface area contributed by atoms with Crippen molar-refractivity contribution < 1.29 is 4.79 Å². The van der Waals surface area contributed by atoms with Crippen LogP contribution in [0.5, 0.6) is 0 Å². The van der Waals surface area contributed by atoms with Crippen molar-refractivity contribution in [3.8, 4) is 0 Å². The Bertz CT molecular complexity index is 1160. The third kappa shape index (κ3) is 4.49. The van der Waals surface area contributed by atoms with Gasteiger partial charge in [-0.25, -0.2) is 0 Å². The highest BCUT2D eigenvalue weighted by molar-refractivity contribution is 5.94. The molecule has 0 heterocycles. The van der Waals surface area contributed by atoms with Crippen molar-refractivity contribution in [1.82, 2.24) is 5.32 Å². The highest BCUT2D eigenvalue weighted by atomic mass is 16.1. The third-order valence-corrected chi connectivity index (χ3v) is 5.47. The second-order valence-corrected chi connectivity index (χ2v) is 7.45. The highest BCUT2D eigenvalue weighted by Crippen LogP contribution is 2.25. The zero-order valence-electron chi connectivity index (χ0n) is 16.9. The maximum atomic E-state index is 12.9. The molecule has 0 aliphatic rings. The van der Waals surface area contributed by atoms with Crippen LogP contribution in [0.2, 0.25) is 0 Å². The number of amides is 1. The third-order valence-electron chi connectivity index (χ3n) is 5.47. The molecule has 4 aromatic rings. The van der Waals surface area contributed by atoms with Crippen LogP contribution in [0.15, 0.2) is 104 Å². The van der Waals surface area contributed by atoms with Crippen LogP contribution in [0.3, 0.4) is 0 Å². The molecule has 0 radical (unpaired) electrons. The van der Waals surface area contributed by atoms with Gasteiger partial charge in [0.05, 0.1) is 6.04 Å². The molecule has 0 aromatic heterocycles. The fourth-order valence-corrected chi connectivity index (χ4v) is 3.86. The van der Waals surface area contributed by atoms with Crippen molar-refractivity contribution in [2.75, 3.05) is 0 Å². The maximum Gasteiger partial charge on any atom is 0.251 e. The van der Waals surface area contributed by atoms with E-state index in [4.69, 9.17) is 0 Å². The van der Waals surface area contributed by atoms with Crippen LogP contribution in [-0.4, -0.2) is 5.91 Å². The molecule has 0 aliphatic carbocycles. The SMILES string of the molecule is C=Cc1ccccc1C(CCc1ccc2ccccc2c1)NC(=O)c1ccccc1. The summed E-state index contributed by atoms with van der Waals surface area (Å²) in [7, 11) is 0. The Morgan fingerprint density at radius 2 is 1.53 bits per heavy atom. The van der Waals surface area contributed by atoms with Crippen molar-refractivity contribution in [2.45, 2.75) is 18.9 Å². The molecule has 148 valence electrons.